The van der Waals surface area contributed by atoms with E-state index >= 15 is 0 Å². The molecule has 5 nitrogen and oxygen atoms in total. The Labute approximate surface area is 123 Å². The Morgan fingerprint density at radius 1 is 1.50 bits per heavy atom. The van der Waals surface area contributed by atoms with Gasteiger partial charge in [0.15, 0.2) is 0 Å². The number of halogens is 1. The first-order valence-electron chi connectivity index (χ1n) is 6.85. The fraction of sp³-hybridized carbons (Fsp3) is 0.500. The van der Waals surface area contributed by atoms with E-state index in [2.05, 4.69) is 5.43 Å². The molecule has 1 aromatic carbocycles. The Morgan fingerprint density at radius 3 is 2.80 bits per heavy atom. The Hall–Kier alpha value is -1.30. The molecule has 0 aliphatic heterocycles. The van der Waals surface area contributed by atoms with Gasteiger partial charge in [0.2, 0.25) is 0 Å². The predicted octanol–water partition coefficient (Wildman–Crippen LogP) is 2.00. The van der Waals surface area contributed by atoms with Gasteiger partial charge < -0.3 is 15.4 Å². The number of nitrogens with one attached hydrogen (secondary N) is 1. The fourth-order valence-corrected chi connectivity index (χ4v) is 2.54. The topological polar surface area (TPSA) is 78.6 Å². The quantitative estimate of drug-likeness (QED) is 0.554. The minimum atomic E-state index is -0.0846. The molecule has 2 rings (SSSR count). The van der Waals surface area contributed by atoms with Crippen LogP contribution in [-0.2, 0) is 0 Å². The second kappa shape index (κ2) is 6.92. The minimum Gasteiger partial charge on any atom is -0.396 e. The van der Waals surface area contributed by atoms with Crippen LogP contribution < -0.4 is 11.3 Å². The maximum Gasteiger partial charge on any atom is 0.256 e. The molecule has 20 heavy (non-hydrogen) atoms. The SMILES string of the molecule is NNc1ccc(Cl)cc1C(=O)N(CCCO)C1CCC1. The van der Waals surface area contributed by atoms with Gasteiger partial charge in [-0.05, 0) is 43.9 Å². The molecule has 0 saturated heterocycles. The summed E-state index contributed by atoms with van der Waals surface area (Å²) in [5, 5.41) is 9.50. The fourth-order valence-electron chi connectivity index (χ4n) is 2.36. The standard InChI is InChI=1S/C14H20ClN3O2/c15-10-5-6-13(17-16)12(9-10)14(20)18(7-2-8-19)11-3-1-4-11/h5-6,9,11,17,19H,1-4,7-8,16H2. The summed E-state index contributed by atoms with van der Waals surface area (Å²) in [5.74, 6) is 5.37. The number of rotatable bonds is 6. The zero-order valence-corrected chi connectivity index (χ0v) is 12.1. The van der Waals surface area contributed by atoms with Crippen molar-refractivity contribution in [2.75, 3.05) is 18.6 Å². The monoisotopic (exact) mass is 297 g/mol. The van der Waals surface area contributed by atoms with E-state index in [1.807, 2.05) is 4.90 Å². The summed E-state index contributed by atoms with van der Waals surface area (Å²) < 4.78 is 0. The van der Waals surface area contributed by atoms with Gasteiger partial charge in [0.1, 0.15) is 0 Å². The Bertz CT molecular complexity index is 477. The Morgan fingerprint density at radius 2 is 2.25 bits per heavy atom. The molecule has 0 heterocycles. The van der Waals surface area contributed by atoms with E-state index in [0.717, 1.165) is 19.3 Å². The molecule has 0 unspecified atom stereocenters. The van der Waals surface area contributed by atoms with Crippen molar-refractivity contribution >= 4 is 23.2 Å². The summed E-state index contributed by atoms with van der Waals surface area (Å²) in [7, 11) is 0. The molecule has 110 valence electrons. The molecule has 1 fully saturated rings. The molecule has 0 aromatic heterocycles. The molecule has 0 atom stereocenters. The number of hydrazine groups is 1. The smallest absolute Gasteiger partial charge is 0.256 e. The summed E-state index contributed by atoms with van der Waals surface area (Å²) in [5.41, 5.74) is 3.57. The first kappa shape index (κ1) is 15.1. The average molecular weight is 298 g/mol. The number of carbonyl (C=O) groups excluding carboxylic acids is 1. The number of hydrogen-bond donors (Lipinski definition) is 3. The highest BCUT2D eigenvalue weighted by atomic mass is 35.5. The van der Waals surface area contributed by atoms with Crippen molar-refractivity contribution in [2.24, 2.45) is 5.84 Å². The van der Waals surface area contributed by atoms with Gasteiger partial charge in [0.05, 0.1) is 11.3 Å². The van der Waals surface area contributed by atoms with Gasteiger partial charge in [0, 0.05) is 24.2 Å². The highest BCUT2D eigenvalue weighted by Crippen LogP contribution is 2.29. The Kier molecular flexibility index (Phi) is 5.23. The molecular weight excluding hydrogens is 278 g/mol. The third kappa shape index (κ3) is 3.23. The van der Waals surface area contributed by atoms with Gasteiger partial charge in [-0.25, -0.2) is 0 Å². The highest BCUT2D eigenvalue weighted by Gasteiger charge is 2.30. The van der Waals surface area contributed by atoms with Crippen LogP contribution in [0.25, 0.3) is 0 Å². The van der Waals surface area contributed by atoms with E-state index in [1.165, 1.54) is 0 Å². The van der Waals surface area contributed by atoms with E-state index < -0.39 is 0 Å². The maximum absolute atomic E-state index is 12.7. The van der Waals surface area contributed by atoms with E-state index in [-0.39, 0.29) is 18.6 Å². The van der Waals surface area contributed by atoms with Crippen molar-refractivity contribution in [3.8, 4) is 0 Å². The van der Waals surface area contributed by atoms with Crippen molar-refractivity contribution in [3.05, 3.63) is 28.8 Å². The third-order valence-corrected chi connectivity index (χ3v) is 3.94. The molecular formula is C14H20ClN3O2. The van der Waals surface area contributed by atoms with Gasteiger partial charge >= 0.3 is 0 Å². The zero-order valence-electron chi connectivity index (χ0n) is 11.3. The molecule has 1 amide bonds. The normalized spacial score (nSPS) is 14.8. The summed E-state index contributed by atoms with van der Waals surface area (Å²) in [6.07, 6.45) is 3.76. The lowest BCUT2D eigenvalue weighted by Gasteiger charge is -2.38. The minimum absolute atomic E-state index is 0.0774. The van der Waals surface area contributed by atoms with Crippen molar-refractivity contribution in [1.82, 2.24) is 4.90 Å². The number of nitrogens with two attached hydrogens (primary N) is 1. The number of anilines is 1. The summed E-state index contributed by atoms with van der Waals surface area (Å²) in [6, 6.07) is 5.28. The first-order chi connectivity index (χ1) is 9.67. The number of amides is 1. The molecule has 1 aliphatic rings. The van der Waals surface area contributed by atoms with E-state index in [4.69, 9.17) is 22.6 Å². The number of aliphatic hydroxyl groups excluding tert-OH is 1. The maximum atomic E-state index is 12.7. The molecule has 0 spiro atoms. The van der Waals surface area contributed by atoms with Crippen LogP contribution in [0.3, 0.4) is 0 Å². The van der Waals surface area contributed by atoms with Crippen molar-refractivity contribution in [2.45, 2.75) is 31.7 Å². The number of nitrogens with zero attached hydrogens (tertiary/aromatic N) is 1. The largest absolute Gasteiger partial charge is 0.396 e. The van der Waals surface area contributed by atoms with Crippen LogP contribution in [0, 0.1) is 0 Å². The second-order valence-corrected chi connectivity index (χ2v) is 5.43. The second-order valence-electron chi connectivity index (χ2n) is 4.99. The van der Waals surface area contributed by atoms with Gasteiger partial charge in [-0.15, -0.1) is 0 Å². The van der Waals surface area contributed by atoms with Gasteiger partial charge in [0.25, 0.3) is 5.91 Å². The summed E-state index contributed by atoms with van der Waals surface area (Å²) in [6.45, 7) is 0.630. The first-order valence-corrected chi connectivity index (χ1v) is 7.23. The van der Waals surface area contributed by atoms with E-state index in [0.29, 0.717) is 29.2 Å². The molecule has 1 aliphatic carbocycles. The molecule has 0 radical (unpaired) electrons. The van der Waals surface area contributed by atoms with E-state index in [9.17, 15) is 4.79 Å². The lowest BCUT2D eigenvalue weighted by molar-refractivity contribution is 0.0563. The van der Waals surface area contributed by atoms with Crippen LogP contribution in [0.1, 0.15) is 36.0 Å². The van der Waals surface area contributed by atoms with Crippen LogP contribution >= 0.6 is 11.6 Å². The highest BCUT2D eigenvalue weighted by molar-refractivity contribution is 6.31. The molecule has 1 aromatic rings. The summed E-state index contributed by atoms with van der Waals surface area (Å²) in [4.78, 5) is 14.5. The van der Waals surface area contributed by atoms with Crippen molar-refractivity contribution in [3.63, 3.8) is 0 Å². The van der Waals surface area contributed by atoms with Crippen molar-refractivity contribution < 1.29 is 9.90 Å². The number of aliphatic hydroxyl groups is 1. The Balaban J connectivity index is 2.23. The van der Waals surface area contributed by atoms with Crippen LogP contribution in [0.5, 0.6) is 0 Å². The van der Waals surface area contributed by atoms with Gasteiger partial charge in [-0.1, -0.05) is 11.6 Å². The van der Waals surface area contributed by atoms with Gasteiger partial charge in [-0.3, -0.25) is 10.6 Å². The van der Waals surface area contributed by atoms with Crippen LogP contribution in [0.15, 0.2) is 18.2 Å². The van der Waals surface area contributed by atoms with Crippen molar-refractivity contribution in [1.29, 1.82) is 0 Å². The average Bonchev–Trinajstić information content (AvgIpc) is 2.40. The van der Waals surface area contributed by atoms with Crippen LogP contribution in [-0.4, -0.2) is 35.1 Å². The van der Waals surface area contributed by atoms with E-state index in [1.54, 1.807) is 18.2 Å². The molecule has 4 N–H and O–H groups in total. The lowest BCUT2D eigenvalue weighted by atomic mass is 9.90. The number of benzene rings is 1. The molecule has 6 heteroatoms. The molecule has 0 bridgehead atoms. The zero-order chi connectivity index (χ0) is 14.5. The third-order valence-electron chi connectivity index (χ3n) is 3.70. The number of hydrogen-bond acceptors (Lipinski definition) is 4. The van der Waals surface area contributed by atoms with Crippen LogP contribution in [0.2, 0.25) is 5.02 Å². The molecule has 1 saturated carbocycles. The van der Waals surface area contributed by atoms with Crippen LogP contribution in [0.4, 0.5) is 5.69 Å². The summed E-state index contributed by atoms with van der Waals surface area (Å²) >= 11 is 5.98. The predicted molar refractivity (Wildman–Crippen MR) is 79.6 cm³/mol. The van der Waals surface area contributed by atoms with Gasteiger partial charge in [-0.2, -0.15) is 0 Å². The number of carbonyl (C=O) groups is 1. The number of nitrogen functional groups attached to an aromatic ring is 1. The lowest BCUT2D eigenvalue weighted by Crippen LogP contribution is -2.45.